The van der Waals surface area contributed by atoms with E-state index in [0.29, 0.717) is 11.6 Å². The molecule has 0 aromatic carbocycles. The zero-order valence-electron chi connectivity index (χ0n) is 11.5. The molecule has 4 aliphatic carbocycles. The molecule has 1 saturated heterocycles. The van der Waals surface area contributed by atoms with E-state index < -0.39 is 0 Å². The summed E-state index contributed by atoms with van der Waals surface area (Å²) in [5, 5.41) is 3.63. The number of piperidine rings is 1. The second-order valence-corrected chi connectivity index (χ2v) is 7.56. The molecule has 4 bridgehead atoms. The van der Waals surface area contributed by atoms with Gasteiger partial charge in [0.1, 0.15) is 0 Å². The second kappa shape index (κ2) is 4.49. The van der Waals surface area contributed by atoms with Crippen molar-refractivity contribution in [3.8, 4) is 0 Å². The molecular formula is C16H27NO. The first-order valence-electron chi connectivity index (χ1n) is 8.19. The van der Waals surface area contributed by atoms with Crippen molar-refractivity contribution in [2.75, 3.05) is 13.2 Å². The highest BCUT2D eigenvalue weighted by molar-refractivity contribution is 5.03. The van der Waals surface area contributed by atoms with Crippen molar-refractivity contribution < 1.29 is 4.74 Å². The van der Waals surface area contributed by atoms with Crippen LogP contribution in [-0.2, 0) is 4.74 Å². The van der Waals surface area contributed by atoms with Gasteiger partial charge in [0.05, 0.1) is 12.2 Å². The van der Waals surface area contributed by atoms with Crippen LogP contribution in [0.2, 0.25) is 0 Å². The highest BCUT2D eigenvalue weighted by Crippen LogP contribution is 2.57. The smallest absolute Gasteiger partial charge is 0.0691 e. The summed E-state index contributed by atoms with van der Waals surface area (Å²) in [7, 11) is 0. The first-order valence-corrected chi connectivity index (χ1v) is 8.19. The fraction of sp³-hybridized carbons (Fsp3) is 1.00. The molecule has 5 rings (SSSR count). The maximum atomic E-state index is 6.52. The van der Waals surface area contributed by atoms with Crippen molar-refractivity contribution in [2.24, 2.45) is 17.8 Å². The molecule has 2 heteroatoms. The molecule has 102 valence electrons. The van der Waals surface area contributed by atoms with Gasteiger partial charge in [-0.25, -0.2) is 0 Å². The molecule has 18 heavy (non-hydrogen) atoms. The fourth-order valence-electron chi connectivity index (χ4n) is 5.55. The Bertz CT molecular complexity index is 273. The van der Waals surface area contributed by atoms with Crippen LogP contribution < -0.4 is 5.32 Å². The molecule has 1 aliphatic heterocycles. The van der Waals surface area contributed by atoms with E-state index in [4.69, 9.17) is 4.74 Å². The number of ether oxygens (including phenoxy) is 1. The lowest BCUT2D eigenvalue weighted by molar-refractivity contribution is -0.166. The van der Waals surface area contributed by atoms with Crippen molar-refractivity contribution in [2.45, 2.75) is 69.4 Å². The third kappa shape index (κ3) is 2.12. The number of hydrogen-bond donors (Lipinski definition) is 1. The molecular weight excluding hydrogens is 222 g/mol. The van der Waals surface area contributed by atoms with Crippen LogP contribution in [0.4, 0.5) is 0 Å². The maximum absolute atomic E-state index is 6.52. The van der Waals surface area contributed by atoms with Crippen LogP contribution in [0.5, 0.6) is 0 Å². The van der Waals surface area contributed by atoms with Gasteiger partial charge in [-0.2, -0.15) is 0 Å². The predicted molar refractivity (Wildman–Crippen MR) is 72.5 cm³/mol. The summed E-state index contributed by atoms with van der Waals surface area (Å²) >= 11 is 0. The van der Waals surface area contributed by atoms with Crippen molar-refractivity contribution in [3.63, 3.8) is 0 Å². The van der Waals surface area contributed by atoms with Crippen molar-refractivity contribution in [1.29, 1.82) is 0 Å². The van der Waals surface area contributed by atoms with Crippen LogP contribution in [0.15, 0.2) is 0 Å². The summed E-state index contributed by atoms with van der Waals surface area (Å²) in [6.45, 7) is 2.18. The van der Waals surface area contributed by atoms with E-state index in [0.717, 1.165) is 24.4 Å². The van der Waals surface area contributed by atoms with Crippen molar-refractivity contribution >= 4 is 0 Å². The summed E-state index contributed by atoms with van der Waals surface area (Å²) < 4.78 is 6.52. The lowest BCUT2D eigenvalue weighted by atomic mass is 9.54. The Balaban J connectivity index is 1.38. The topological polar surface area (TPSA) is 21.3 Å². The molecule has 5 fully saturated rings. The van der Waals surface area contributed by atoms with Gasteiger partial charge in [-0.1, -0.05) is 6.42 Å². The summed E-state index contributed by atoms with van der Waals surface area (Å²) in [5.74, 6) is 3.03. The van der Waals surface area contributed by atoms with E-state index in [9.17, 15) is 0 Å². The van der Waals surface area contributed by atoms with Crippen LogP contribution in [-0.4, -0.2) is 24.8 Å². The summed E-state index contributed by atoms with van der Waals surface area (Å²) in [5.41, 5.74) is 0.313. The van der Waals surface area contributed by atoms with Gasteiger partial charge in [-0.3, -0.25) is 0 Å². The molecule has 1 N–H and O–H groups in total. The van der Waals surface area contributed by atoms with Crippen LogP contribution in [0.3, 0.4) is 0 Å². The minimum absolute atomic E-state index is 0.313. The molecule has 2 nitrogen and oxygen atoms in total. The van der Waals surface area contributed by atoms with Gasteiger partial charge in [0.15, 0.2) is 0 Å². The Morgan fingerprint density at radius 1 is 0.944 bits per heavy atom. The van der Waals surface area contributed by atoms with Crippen LogP contribution in [0.1, 0.15) is 57.8 Å². The highest BCUT2D eigenvalue weighted by Gasteiger charge is 2.51. The molecule has 1 unspecified atom stereocenters. The summed E-state index contributed by atoms with van der Waals surface area (Å²) in [6, 6.07) is 0.645. The quantitative estimate of drug-likeness (QED) is 0.830. The molecule has 1 heterocycles. The van der Waals surface area contributed by atoms with E-state index in [1.165, 1.54) is 64.3 Å². The van der Waals surface area contributed by atoms with Gasteiger partial charge in [0.2, 0.25) is 0 Å². The van der Waals surface area contributed by atoms with Gasteiger partial charge in [-0.15, -0.1) is 0 Å². The lowest BCUT2D eigenvalue weighted by Gasteiger charge is -2.56. The average Bonchev–Trinajstić information content (AvgIpc) is 2.36. The van der Waals surface area contributed by atoms with Gasteiger partial charge in [0, 0.05) is 6.04 Å². The van der Waals surface area contributed by atoms with E-state index in [1.54, 1.807) is 0 Å². The first-order chi connectivity index (χ1) is 8.81. The Labute approximate surface area is 111 Å². The zero-order valence-corrected chi connectivity index (χ0v) is 11.5. The third-order valence-corrected chi connectivity index (χ3v) is 5.99. The molecule has 0 aromatic rings. The molecule has 0 amide bonds. The molecule has 1 atom stereocenters. The first kappa shape index (κ1) is 11.7. The Morgan fingerprint density at radius 3 is 2.17 bits per heavy atom. The van der Waals surface area contributed by atoms with Gasteiger partial charge in [-0.05, 0) is 75.7 Å². The zero-order chi connectivity index (χ0) is 12.0. The van der Waals surface area contributed by atoms with E-state index >= 15 is 0 Å². The van der Waals surface area contributed by atoms with Gasteiger partial charge < -0.3 is 10.1 Å². The highest BCUT2D eigenvalue weighted by atomic mass is 16.5. The molecule has 0 radical (unpaired) electrons. The SMILES string of the molecule is C1CCC(COC23CC4CC(CC(C4)C2)C3)NC1. The molecule has 0 spiro atoms. The van der Waals surface area contributed by atoms with Crippen LogP contribution in [0.25, 0.3) is 0 Å². The maximum Gasteiger partial charge on any atom is 0.0691 e. The fourth-order valence-corrected chi connectivity index (χ4v) is 5.55. The van der Waals surface area contributed by atoms with E-state index in [1.807, 2.05) is 0 Å². The van der Waals surface area contributed by atoms with E-state index in [-0.39, 0.29) is 0 Å². The molecule has 5 aliphatic rings. The molecule has 4 saturated carbocycles. The Morgan fingerprint density at radius 2 is 1.61 bits per heavy atom. The standard InChI is InChI=1S/C16H27NO/c1-2-4-17-15(3-1)11-18-16-8-12-5-13(9-16)7-14(6-12)10-16/h12-15,17H,1-11H2. The minimum atomic E-state index is 0.313. The van der Waals surface area contributed by atoms with Crippen LogP contribution in [0, 0.1) is 17.8 Å². The number of hydrogen-bond acceptors (Lipinski definition) is 2. The average molecular weight is 249 g/mol. The van der Waals surface area contributed by atoms with Crippen molar-refractivity contribution in [1.82, 2.24) is 5.32 Å². The predicted octanol–water partition coefficient (Wildman–Crippen LogP) is 3.11. The summed E-state index contributed by atoms with van der Waals surface area (Å²) in [6.07, 6.45) is 12.8. The Hall–Kier alpha value is -0.0800. The normalized spacial score (nSPS) is 50.7. The van der Waals surface area contributed by atoms with Crippen LogP contribution >= 0.6 is 0 Å². The van der Waals surface area contributed by atoms with Gasteiger partial charge >= 0.3 is 0 Å². The summed E-state index contributed by atoms with van der Waals surface area (Å²) in [4.78, 5) is 0. The van der Waals surface area contributed by atoms with Gasteiger partial charge in [0.25, 0.3) is 0 Å². The molecule has 0 aromatic heterocycles. The number of rotatable bonds is 3. The third-order valence-electron chi connectivity index (χ3n) is 5.99. The monoisotopic (exact) mass is 249 g/mol. The number of nitrogens with one attached hydrogen (secondary N) is 1. The van der Waals surface area contributed by atoms with E-state index in [2.05, 4.69) is 5.32 Å². The van der Waals surface area contributed by atoms with Crippen molar-refractivity contribution in [3.05, 3.63) is 0 Å². The Kier molecular flexibility index (Phi) is 2.92. The lowest BCUT2D eigenvalue weighted by Crippen LogP contribution is -2.53. The minimum Gasteiger partial charge on any atom is -0.373 e. The largest absolute Gasteiger partial charge is 0.373 e. The second-order valence-electron chi connectivity index (χ2n) is 7.56.